The van der Waals surface area contributed by atoms with Gasteiger partial charge in [0.15, 0.2) is 0 Å². The van der Waals surface area contributed by atoms with E-state index in [1.807, 2.05) is 12.1 Å². The molecule has 2 saturated carbocycles. The van der Waals surface area contributed by atoms with Crippen LogP contribution in [0.15, 0.2) is 24.3 Å². The fraction of sp³-hybridized carbons (Fsp3) is 0.611. The van der Waals surface area contributed by atoms with Crippen molar-refractivity contribution in [3.05, 3.63) is 35.6 Å². The monoisotopic (exact) mass is 289 g/mol. The molecule has 0 spiro atoms. The van der Waals surface area contributed by atoms with Gasteiger partial charge in [0.05, 0.1) is 0 Å². The lowest BCUT2D eigenvalue weighted by Crippen LogP contribution is -2.36. The Morgan fingerprint density at radius 1 is 1.05 bits per heavy atom. The number of amides is 1. The zero-order valence-electron chi connectivity index (χ0n) is 12.5. The second-order valence-corrected chi connectivity index (χ2v) is 6.52. The molecule has 2 aliphatic rings. The minimum absolute atomic E-state index is 0.0210. The molecule has 2 nitrogen and oxygen atoms in total. The molecule has 0 saturated heterocycles. The molecular weight excluding hydrogens is 265 g/mol. The van der Waals surface area contributed by atoms with Crippen molar-refractivity contribution in [2.75, 3.05) is 0 Å². The van der Waals surface area contributed by atoms with Crippen molar-refractivity contribution in [3.63, 3.8) is 0 Å². The van der Waals surface area contributed by atoms with E-state index in [4.69, 9.17) is 0 Å². The van der Waals surface area contributed by atoms with Crippen LogP contribution in [0.3, 0.4) is 0 Å². The molecule has 3 heteroatoms. The van der Waals surface area contributed by atoms with Gasteiger partial charge in [-0.15, -0.1) is 0 Å². The van der Waals surface area contributed by atoms with Gasteiger partial charge in [-0.25, -0.2) is 4.39 Å². The predicted molar refractivity (Wildman–Crippen MR) is 81.5 cm³/mol. The largest absolute Gasteiger partial charge is 0.353 e. The summed E-state index contributed by atoms with van der Waals surface area (Å²) in [6.07, 6.45) is 9.32. The lowest BCUT2D eigenvalue weighted by atomic mass is 9.96. The quantitative estimate of drug-likeness (QED) is 0.889. The van der Waals surface area contributed by atoms with Crippen LogP contribution in [0.2, 0.25) is 0 Å². The lowest BCUT2D eigenvalue weighted by molar-refractivity contribution is -0.123. The molecule has 2 unspecified atom stereocenters. The molecular formula is C18H24FNO. The first-order valence-electron chi connectivity index (χ1n) is 8.30. The molecule has 2 fully saturated rings. The molecule has 0 aromatic heterocycles. The Kier molecular flexibility index (Phi) is 4.57. The highest BCUT2D eigenvalue weighted by Gasteiger charge is 2.45. The van der Waals surface area contributed by atoms with Crippen molar-refractivity contribution in [2.45, 2.75) is 63.3 Å². The van der Waals surface area contributed by atoms with Crippen LogP contribution in [0, 0.1) is 11.7 Å². The van der Waals surface area contributed by atoms with Gasteiger partial charge in [0, 0.05) is 12.0 Å². The van der Waals surface area contributed by atoms with Crippen LogP contribution in [-0.2, 0) is 4.79 Å². The molecule has 1 amide bonds. The highest BCUT2D eigenvalue weighted by atomic mass is 19.1. The van der Waals surface area contributed by atoms with E-state index in [0.29, 0.717) is 11.6 Å². The van der Waals surface area contributed by atoms with Crippen LogP contribution >= 0.6 is 0 Å². The van der Waals surface area contributed by atoms with E-state index in [0.717, 1.165) is 19.3 Å². The number of hydrogen-bond donors (Lipinski definition) is 1. The Hall–Kier alpha value is -1.38. The highest BCUT2D eigenvalue weighted by Crippen LogP contribution is 2.48. The third kappa shape index (κ3) is 3.63. The Morgan fingerprint density at radius 3 is 2.43 bits per heavy atom. The summed E-state index contributed by atoms with van der Waals surface area (Å²) in [6, 6.07) is 7.17. The molecule has 21 heavy (non-hydrogen) atoms. The molecule has 0 heterocycles. The van der Waals surface area contributed by atoms with Gasteiger partial charge in [-0.2, -0.15) is 0 Å². The topological polar surface area (TPSA) is 29.1 Å². The van der Waals surface area contributed by atoms with Gasteiger partial charge in [-0.05, 0) is 36.8 Å². The number of rotatable bonds is 3. The lowest BCUT2D eigenvalue weighted by Gasteiger charge is -2.21. The van der Waals surface area contributed by atoms with E-state index in [2.05, 4.69) is 5.32 Å². The summed E-state index contributed by atoms with van der Waals surface area (Å²) >= 11 is 0. The Labute approximate surface area is 126 Å². The number of halogens is 1. The van der Waals surface area contributed by atoms with E-state index in [9.17, 15) is 9.18 Å². The normalized spacial score (nSPS) is 26.7. The summed E-state index contributed by atoms with van der Waals surface area (Å²) in [6.45, 7) is 0. The second-order valence-electron chi connectivity index (χ2n) is 6.52. The zero-order chi connectivity index (χ0) is 14.7. The first-order chi connectivity index (χ1) is 10.3. The standard InChI is InChI=1S/C18H24FNO/c19-17-11-7-6-10-14(17)15-12-16(15)18(21)20-13-8-4-2-1-3-5-9-13/h6-7,10-11,13,15-16H,1-5,8-9,12H2,(H,20,21). The minimum Gasteiger partial charge on any atom is -0.353 e. The first-order valence-corrected chi connectivity index (χ1v) is 8.30. The molecule has 0 radical (unpaired) electrons. The van der Waals surface area contributed by atoms with Gasteiger partial charge in [0.2, 0.25) is 5.91 Å². The number of nitrogens with one attached hydrogen (secondary N) is 1. The minimum atomic E-state index is -0.177. The van der Waals surface area contributed by atoms with Crippen molar-refractivity contribution in [2.24, 2.45) is 5.92 Å². The molecule has 1 aromatic carbocycles. The van der Waals surface area contributed by atoms with Crippen LogP contribution in [0.4, 0.5) is 4.39 Å². The fourth-order valence-corrected chi connectivity index (χ4v) is 3.51. The molecule has 1 N–H and O–H groups in total. The first kappa shape index (κ1) is 14.6. The van der Waals surface area contributed by atoms with Crippen LogP contribution in [0.5, 0.6) is 0 Å². The van der Waals surface area contributed by atoms with Gasteiger partial charge in [0.25, 0.3) is 0 Å². The van der Waals surface area contributed by atoms with Crippen molar-refractivity contribution in [1.29, 1.82) is 0 Å². The molecule has 3 rings (SSSR count). The highest BCUT2D eigenvalue weighted by molar-refractivity contribution is 5.83. The SMILES string of the molecule is O=C(NC1CCCCCCC1)C1CC1c1ccccc1F. The maximum Gasteiger partial charge on any atom is 0.223 e. The van der Waals surface area contributed by atoms with Crippen molar-refractivity contribution < 1.29 is 9.18 Å². The van der Waals surface area contributed by atoms with Gasteiger partial charge in [-0.1, -0.05) is 50.3 Å². The van der Waals surface area contributed by atoms with Crippen molar-refractivity contribution >= 4 is 5.91 Å². The fourth-order valence-electron chi connectivity index (χ4n) is 3.51. The molecule has 2 atom stereocenters. The second kappa shape index (κ2) is 6.59. The third-order valence-electron chi connectivity index (χ3n) is 4.88. The average molecular weight is 289 g/mol. The average Bonchev–Trinajstić information content (AvgIpc) is 3.22. The van der Waals surface area contributed by atoms with E-state index in [1.165, 1.54) is 38.2 Å². The molecule has 2 aliphatic carbocycles. The Balaban J connectivity index is 1.54. The summed E-state index contributed by atoms with van der Waals surface area (Å²) in [7, 11) is 0. The molecule has 0 bridgehead atoms. The third-order valence-corrected chi connectivity index (χ3v) is 4.88. The van der Waals surface area contributed by atoms with Crippen molar-refractivity contribution in [1.82, 2.24) is 5.32 Å². The number of hydrogen-bond acceptors (Lipinski definition) is 1. The molecule has 114 valence electrons. The van der Waals surface area contributed by atoms with Crippen LogP contribution in [0.1, 0.15) is 62.8 Å². The van der Waals surface area contributed by atoms with Crippen LogP contribution in [-0.4, -0.2) is 11.9 Å². The summed E-state index contributed by atoms with van der Waals surface area (Å²) in [5.74, 6) is 0.0182. The molecule has 1 aromatic rings. The van der Waals surface area contributed by atoms with Crippen LogP contribution in [0.25, 0.3) is 0 Å². The van der Waals surface area contributed by atoms with Crippen molar-refractivity contribution in [3.8, 4) is 0 Å². The van der Waals surface area contributed by atoms with E-state index in [-0.39, 0.29) is 23.6 Å². The van der Waals surface area contributed by atoms with E-state index in [1.54, 1.807) is 6.07 Å². The number of carbonyl (C=O) groups excluding carboxylic acids is 1. The maximum atomic E-state index is 13.7. The summed E-state index contributed by atoms with van der Waals surface area (Å²) < 4.78 is 13.7. The van der Waals surface area contributed by atoms with E-state index < -0.39 is 0 Å². The zero-order valence-corrected chi connectivity index (χ0v) is 12.5. The summed E-state index contributed by atoms with van der Waals surface area (Å²) in [5, 5.41) is 3.21. The van der Waals surface area contributed by atoms with Crippen LogP contribution < -0.4 is 5.32 Å². The summed E-state index contributed by atoms with van der Waals surface area (Å²) in [4.78, 5) is 12.3. The van der Waals surface area contributed by atoms with Gasteiger partial charge >= 0.3 is 0 Å². The Morgan fingerprint density at radius 2 is 1.71 bits per heavy atom. The predicted octanol–water partition coefficient (Wildman–Crippen LogP) is 4.16. The smallest absolute Gasteiger partial charge is 0.223 e. The van der Waals surface area contributed by atoms with Gasteiger partial charge in [0.1, 0.15) is 5.82 Å². The van der Waals surface area contributed by atoms with Gasteiger partial charge < -0.3 is 5.32 Å². The maximum absolute atomic E-state index is 13.7. The number of benzene rings is 1. The van der Waals surface area contributed by atoms with Gasteiger partial charge in [-0.3, -0.25) is 4.79 Å². The summed E-state index contributed by atoms with van der Waals surface area (Å²) in [5.41, 5.74) is 0.704. The van der Waals surface area contributed by atoms with E-state index >= 15 is 0 Å². The Bertz CT molecular complexity index is 494. The number of carbonyl (C=O) groups is 1. The molecule has 0 aliphatic heterocycles.